The number of halogens is 1. The molecule has 0 fully saturated rings. The molecule has 0 unspecified atom stereocenters. The molecule has 0 atom stereocenters. The van der Waals surface area contributed by atoms with Crippen molar-refractivity contribution in [2.45, 2.75) is 6.92 Å². The highest BCUT2D eigenvalue weighted by Gasteiger charge is 2.14. The van der Waals surface area contributed by atoms with E-state index in [9.17, 15) is 0 Å². The standard InChI is InChI=1S/C10H14ClN3O2/c1-3-14(10(12)13-15)8-6-7(11)4-5-9(8)16-2/h4-6,15H,3H2,1-2H3,(H2,12,13). The molecule has 88 valence electrons. The molecule has 0 aliphatic rings. The van der Waals surface area contributed by atoms with Crippen molar-refractivity contribution in [3.8, 4) is 5.75 Å². The monoisotopic (exact) mass is 243 g/mol. The number of benzene rings is 1. The summed E-state index contributed by atoms with van der Waals surface area (Å²) in [7, 11) is 1.55. The van der Waals surface area contributed by atoms with Crippen molar-refractivity contribution in [2.75, 3.05) is 18.6 Å². The summed E-state index contributed by atoms with van der Waals surface area (Å²) in [5.74, 6) is 0.598. The molecular formula is C10H14ClN3O2. The molecule has 0 bridgehead atoms. The van der Waals surface area contributed by atoms with Crippen molar-refractivity contribution in [3.63, 3.8) is 0 Å². The van der Waals surface area contributed by atoms with Crippen molar-refractivity contribution in [2.24, 2.45) is 10.9 Å². The van der Waals surface area contributed by atoms with Crippen LogP contribution < -0.4 is 15.4 Å². The highest BCUT2D eigenvalue weighted by atomic mass is 35.5. The first kappa shape index (κ1) is 12.4. The average molecular weight is 244 g/mol. The van der Waals surface area contributed by atoms with Gasteiger partial charge in [-0.05, 0) is 25.1 Å². The Morgan fingerprint density at radius 3 is 2.81 bits per heavy atom. The SMILES string of the molecule is CCN(/C(N)=N/O)c1cc(Cl)ccc1OC. The summed E-state index contributed by atoms with van der Waals surface area (Å²) in [5, 5.41) is 12.2. The van der Waals surface area contributed by atoms with Gasteiger partial charge < -0.3 is 20.6 Å². The Balaban J connectivity index is 3.22. The Labute approximate surface area is 99.1 Å². The zero-order valence-electron chi connectivity index (χ0n) is 9.14. The number of rotatable bonds is 3. The molecule has 6 heteroatoms. The Bertz CT molecular complexity index is 396. The number of guanidine groups is 1. The third-order valence-corrected chi connectivity index (χ3v) is 2.36. The highest BCUT2D eigenvalue weighted by Crippen LogP contribution is 2.30. The van der Waals surface area contributed by atoms with Gasteiger partial charge in [-0.15, -0.1) is 0 Å². The van der Waals surface area contributed by atoms with Gasteiger partial charge in [-0.1, -0.05) is 16.8 Å². The average Bonchev–Trinajstić information content (AvgIpc) is 2.30. The molecule has 0 spiro atoms. The molecular weight excluding hydrogens is 230 g/mol. The second kappa shape index (κ2) is 5.46. The van der Waals surface area contributed by atoms with Crippen LogP contribution in [0.15, 0.2) is 23.4 Å². The largest absolute Gasteiger partial charge is 0.495 e. The molecule has 0 radical (unpaired) electrons. The number of hydrogen-bond acceptors (Lipinski definition) is 3. The molecule has 0 amide bonds. The minimum atomic E-state index is -0.0110. The fourth-order valence-electron chi connectivity index (χ4n) is 1.38. The van der Waals surface area contributed by atoms with E-state index in [0.717, 1.165) is 0 Å². The summed E-state index contributed by atoms with van der Waals surface area (Å²) < 4.78 is 5.19. The number of nitrogens with two attached hydrogens (primary N) is 1. The van der Waals surface area contributed by atoms with Crippen LogP contribution in [0, 0.1) is 0 Å². The van der Waals surface area contributed by atoms with E-state index in [1.54, 1.807) is 30.2 Å². The van der Waals surface area contributed by atoms with Crippen LogP contribution in [0.1, 0.15) is 6.92 Å². The van der Waals surface area contributed by atoms with Crippen molar-refractivity contribution < 1.29 is 9.94 Å². The van der Waals surface area contributed by atoms with Gasteiger partial charge in [0.15, 0.2) is 0 Å². The van der Waals surface area contributed by atoms with Gasteiger partial charge in [0.25, 0.3) is 0 Å². The summed E-state index contributed by atoms with van der Waals surface area (Å²) in [6, 6.07) is 5.14. The van der Waals surface area contributed by atoms with Crippen LogP contribution in [-0.2, 0) is 0 Å². The quantitative estimate of drug-likeness (QED) is 0.368. The fourth-order valence-corrected chi connectivity index (χ4v) is 1.55. The fraction of sp³-hybridized carbons (Fsp3) is 0.300. The van der Waals surface area contributed by atoms with Gasteiger partial charge in [-0.25, -0.2) is 0 Å². The topological polar surface area (TPSA) is 71.1 Å². The van der Waals surface area contributed by atoms with Crippen LogP contribution in [0.4, 0.5) is 5.69 Å². The maximum absolute atomic E-state index is 8.68. The number of ether oxygens (including phenoxy) is 1. The third-order valence-electron chi connectivity index (χ3n) is 2.13. The molecule has 1 aromatic carbocycles. The van der Waals surface area contributed by atoms with Gasteiger partial charge in [-0.3, -0.25) is 0 Å². The van der Waals surface area contributed by atoms with Crippen molar-refractivity contribution in [1.29, 1.82) is 0 Å². The Kier molecular flexibility index (Phi) is 4.25. The zero-order valence-corrected chi connectivity index (χ0v) is 9.90. The van der Waals surface area contributed by atoms with Crippen LogP contribution in [0.25, 0.3) is 0 Å². The molecule has 0 saturated heterocycles. The van der Waals surface area contributed by atoms with E-state index in [2.05, 4.69) is 5.16 Å². The van der Waals surface area contributed by atoms with Gasteiger partial charge in [0.2, 0.25) is 5.96 Å². The summed E-state index contributed by atoms with van der Waals surface area (Å²) >= 11 is 5.90. The lowest BCUT2D eigenvalue weighted by atomic mass is 10.2. The Hall–Kier alpha value is -1.62. The molecule has 16 heavy (non-hydrogen) atoms. The zero-order chi connectivity index (χ0) is 12.1. The molecule has 0 aliphatic carbocycles. The van der Waals surface area contributed by atoms with E-state index in [1.165, 1.54) is 0 Å². The summed E-state index contributed by atoms with van der Waals surface area (Å²) in [6.45, 7) is 2.41. The first-order chi connectivity index (χ1) is 7.63. The van der Waals surface area contributed by atoms with E-state index >= 15 is 0 Å². The molecule has 0 aromatic heterocycles. The molecule has 5 nitrogen and oxygen atoms in total. The minimum absolute atomic E-state index is 0.0110. The van der Waals surface area contributed by atoms with E-state index in [4.69, 9.17) is 27.3 Å². The summed E-state index contributed by atoms with van der Waals surface area (Å²) in [4.78, 5) is 1.59. The number of nitrogens with zero attached hydrogens (tertiary/aromatic N) is 2. The Morgan fingerprint density at radius 1 is 1.62 bits per heavy atom. The van der Waals surface area contributed by atoms with Gasteiger partial charge in [0, 0.05) is 11.6 Å². The number of hydrogen-bond donors (Lipinski definition) is 2. The lowest BCUT2D eigenvalue weighted by Crippen LogP contribution is -2.37. The van der Waals surface area contributed by atoms with Crippen molar-refractivity contribution in [3.05, 3.63) is 23.2 Å². The lowest BCUT2D eigenvalue weighted by molar-refractivity contribution is 0.317. The molecule has 1 rings (SSSR count). The first-order valence-electron chi connectivity index (χ1n) is 4.72. The second-order valence-electron chi connectivity index (χ2n) is 3.02. The highest BCUT2D eigenvalue weighted by molar-refractivity contribution is 6.31. The van der Waals surface area contributed by atoms with E-state index < -0.39 is 0 Å². The van der Waals surface area contributed by atoms with Crippen molar-refractivity contribution >= 4 is 23.2 Å². The van der Waals surface area contributed by atoms with E-state index in [0.29, 0.717) is 23.0 Å². The van der Waals surface area contributed by atoms with E-state index in [-0.39, 0.29) is 5.96 Å². The molecule has 0 heterocycles. The van der Waals surface area contributed by atoms with Crippen LogP contribution in [0.5, 0.6) is 5.75 Å². The van der Waals surface area contributed by atoms with Crippen LogP contribution >= 0.6 is 11.6 Å². The van der Waals surface area contributed by atoms with Gasteiger partial charge in [-0.2, -0.15) is 0 Å². The van der Waals surface area contributed by atoms with Crippen LogP contribution in [0.3, 0.4) is 0 Å². The smallest absolute Gasteiger partial charge is 0.237 e. The third kappa shape index (κ3) is 2.49. The number of oxime groups is 1. The summed E-state index contributed by atoms with van der Waals surface area (Å²) in [6.07, 6.45) is 0. The lowest BCUT2D eigenvalue weighted by Gasteiger charge is -2.22. The predicted octanol–water partition coefficient (Wildman–Crippen LogP) is 1.88. The summed E-state index contributed by atoms with van der Waals surface area (Å²) in [5.41, 5.74) is 6.22. The van der Waals surface area contributed by atoms with Crippen molar-refractivity contribution in [1.82, 2.24) is 0 Å². The molecule has 0 aliphatic heterocycles. The minimum Gasteiger partial charge on any atom is -0.495 e. The maximum atomic E-state index is 8.68. The second-order valence-corrected chi connectivity index (χ2v) is 3.46. The van der Waals surface area contributed by atoms with Crippen LogP contribution in [-0.4, -0.2) is 24.8 Å². The first-order valence-corrected chi connectivity index (χ1v) is 5.10. The number of methoxy groups -OCH3 is 1. The molecule has 1 aromatic rings. The van der Waals surface area contributed by atoms with Gasteiger partial charge in [0.1, 0.15) is 5.75 Å². The molecule has 0 saturated carbocycles. The molecule has 3 N–H and O–H groups in total. The number of anilines is 1. The predicted molar refractivity (Wildman–Crippen MR) is 64.4 cm³/mol. The van der Waals surface area contributed by atoms with Gasteiger partial charge in [0.05, 0.1) is 12.8 Å². The maximum Gasteiger partial charge on any atom is 0.237 e. The van der Waals surface area contributed by atoms with Gasteiger partial charge >= 0.3 is 0 Å². The van der Waals surface area contributed by atoms with Crippen LogP contribution in [0.2, 0.25) is 5.02 Å². The Morgan fingerprint density at radius 2 is 2.31 bits per heavy atom. The van der Waals surface area contributed by atoms with E-state index in [1.807, 2.05) is 6.92 Å². The normalized spacial score (nSPS) is 11.3.